The maximum atomic E-state index is 13.6. The third-order valence-electron chi connectivity index (χ3n) is 6.48. The molecule has 3 heterocycles. The molecule has 7 nitrogen and oxygen atoms in total. The number of esters is 1. The zero-order valence-corrected chi connectivity index (χ0v) is 22.8. The van der Waals surface area contributed by atoms with Crippen molar-refractivity contribution in [3.8, 4) is 0 Å². The van der Waals surface area contributed by atoms with E-state index >= 15 is 0 Å². The number of ether oxygens (including phenoxy) is 1. The first-order valence-electron chi connectivity index (χ1n) is 13.0. The highest BCUT2D eigenvalue weighted by Crippen LogP contribution is 2.47. The molecular weight excluding hydrogens is 508 g/mol. The summed E-state index contributed by atoms with van der Waals surface area (Å²) in [5.74, 6) is -0.515. The largest absolute Gasteiger partial charge is 0.463 e. The minimum absolute atomic E-state index is 0.0995. The molecule has 8 heteroatoms. The monoisotopic (exact) mass is 538 g/mol. The summed E-state index contributed by atoms with van der Waals surface area (Å²) in [6, 6.07) is 23.0. The summed E-state index contributed by atoms with van der Waals surface area (Å²) in [4.78, 5) is 37.8. The number of benzene rings is 2. The van der Waals surface area contributed by atoms with Crippen LogP contribution >= 0.6 is 11.8 Å². The minimum atomic E-state index is -0.491. The van der Waals surface area contributed by atoms with E-state index in [1.165, 1.54) is 11.8 Å². The number of pyridine rings is 1. The van der Waals surface area contributed by atoms with Crippen molar-refractivity contribution < 1.29 is 14.3 Å². The topological polar surface area (TPSA) is 83.9 Å². The van der Waals surface area contributed by atoms with Crippen LogP contribution in [0.25, 0.3) is 5.70 Å². The van der Waals surface area contributed by atoms with Gasteiger partial charge in [0.15, 0.2) is 5.17 Å². The first-order chi connectivity index (χ1) is 19.0. The number of carbonyl (C=O) groups is 2. The molecule has 0 radical (unpaired) electrons. The number of amidine groups is 1. The van der Waals surface area contributed by atoms with Crippen LogP contribution in [0.4, 0.5) is 0 Å². The molecule has 0 saturated heterocycles. The quantitative estimate of drug-likeness (QED) is 0.367. The Morgan fingerprint density at radius 2 is 1.87 bits per heavy atom. The molecule has 5 rings (SSSR count). The van der Waals surface area contributed by atoms with Gasteiger partial charge in [0.2, 0.25) is 5.91 Å². The van der Waals surface area contributed by atoms with E-state index < -0.39 is 12.0 Å². The van der Waals surface area contributed by atoms with Crippen LogP contribution in [0.2, 0.25) is 0 Å². The number of nitrogens with zero attached hydrogens (tertiary/aromatic N) is 3. The molecule has 39 heavy (non-hydrogen) atoms. The number of aromatic nitrogens is 1. The van der Waals surface area contributed by atoms with Crippen molar-refractivity contribution in [1.29, 1.82) is 0 Å². The standard InChI is InChI=1S/C31H30N4O3S/c1-3-38-30(37)27-28(22-11-5-4-6-12-22)34-31-35(29(27)23-13-9-10-21(2)18-23)25(20-39-31)19-26(36)33-17-15-24-14-7-8-16-32-24/h4-14,16,18,20,29H,3,15,17,19H2,1-2H3,(H,33,36)/t29-/m1/s1. The average Bonchev–Trinajstić information content (AvgIpc) is 3.35. The fourth-order valence-corrected chi connectivity index (χ4v) is 5.67. The molecule has 0 aliphatic carbocycles. The van der Waals surface area contributed by atoms with Crippen molar-refractivity contribution in [3.05, 3.63) is 118 Å². The number of nitrogens with one attached hydrogen (secondary N) is 1. The van der Waals surface area contributed by atoms with Gasteiger partial charge in [-0.1, -0.05) is 78.0 Å². The number of hydrogen-bond donors (Lipinski definition) is 1. The lowest BCUT2D eigenvalue weighted by molar-refractivity contribution is -0.139. The van der Waals surface area contributed by atoms with E-state index in [4.69, 9.17) is 9.73 Å². The van der Waals surface area contributed by atoms with E-state index in [0.29, 0.717) is 24.2 Å². The number of aryl methyl sites for hydroxylation is 1. The lowest BCUT2D eigenvalue weighted by Gasteiger charge is -2.37. The van der Waals surface area contributed by atoms with Crippen LogP contribution in [0.1, 0.15) is 41.8 Å². The number of fused-ring (bicyclic) bond motifs is 1. The highest BCUT2D eigenvalue weighted by atomic mass is 32.2. The van der Waals surface area contributed by atoms with E-state index in [9.17, 15) is 9.59 Å². The first-order valence-corrected chi connectivity index (χ1v) is 13.9. The summed E-state index contributed by atoms with van der Waals surface area (Å²) in [6.07, 6.45) is 2.56. The molecule has 0 unspecified atom stereocenters. The van der Waals surface area contributed by atoms with Gasteiger partial charge in [0.25, 0.3) is 0 Å². The third kappa shape index (κ3) is 5.96. The molecule has 0 bridgehead atoms. The molecule has 1 N–H and O–H groups in total. The van der Waals surface area contributed by atoms with Crippen molar-refractivity contribution in [3.63, 3.8) is 0 Å². The Labute approximate surface area is 232 Å². The number of hydrogen-bond acceptors (Lipinski definition) is 7. The van der Waals surface area contributed by atoms with E-state index in [1.807, 2.05) is 84.0 Å². The zero-order chi connectivity index (χ0) is 27.2. The maximum Gasteiger partial charge on any atom is 0.338 e. The van der Waals surface area contributed by atoms with E-state index in [0.717, 1.165) is 33.2 Å². The zero-order valence-electron chi connectivity index (χ0n) is 22.0. The van der Waals surface area contributed by atoms with Crippen LogP contribution in [0, 0.1) is 6.92 Å². The number of rotatable bonds is 9. The van der Waals surface area contributed by atoms with E-state index in [-0.39, 0.29) is 18.9 Å². The summed E-state index contributed by atoms with van der Waals surface area (Å²) in [5.41, 5.74) is 5.61. The molecule has 2 aromatic carbocycles. The van der Waals surface area contributed by atoms with Gasteiger partial charge in [-0.3, -0.25) is 9.78 Å². The highest BCUT2D eigenvalue weighted by Gasteiger charge is 2.42. The minimum Gasteiger partial charge on any atom is -0.463 e. The Balaban J connectivity index is 1.48. The van der Waals surface area contributed by atoms with Gasteiger partial charge in [-0.05, 0) is 37.0 Å². The van der Waals surface area contributed by atoms with Crippen molar-refractivity contribution in [2.24, 2.45) is 4.99 Å². The third-order valence-corrected chi connectivity index (χ3v) is 7.37. The normalized spacial score (nSPS) is 16.4. The van der Waals surface area contributed by atoms with Crippen molar-refractivity contribution in [2.45, 2.75) is 32.7 Å². The van der Waals surface area contributed by atoms with Crippen LogP contribution in [-0.2, 0) is 20.7 Å². The van der Waals surface area contributed by atoms with Gasteiger partial charge in [-0.2, -0.15) is 0 Å². The van der Waals surface area contributed by atoms with Crippen molar-refractivity contribution in [1.82, 2.24) is 15.2 Å². The second kappa shape index (κ2) is 12.1. The molecule has 0 spiro atoms. The summed E-state index contributed by atoms with van der Waals surface area (Å²) in [7, 11) is 0. The van der Waals surface area contributed by atoms with Gasteiger partial charge >= 0.3 is 5.97 Å². The molecule has 2 aliphatic heterocycles. The average molecular weight is 539 g/mol. The van der Waals surface area contributed by atoms with Crippen LogP contribution in [-0.4, -0.2) is 40.1 Å². The summed E-state index contributed by atoms with van der Waals surface area (Å²) < 4.78 is 5.57. The van der Waals surface area contributed by atoms with E-state index in [1.54, 1.807) is 13.1 Å². The van der Waals surface area contributed by atoms with Crippen LogP contribution in [0.5, 0.6) is 0 Å². The molecule has 198 valence electrons. The Bertz CT molecular complexity index is 1450. The second-order valence-corrected chi connectivity index (χ2v) is 10.1. The molecule has 0 saturated carbocycles. The molecule has 1 atom stereocenters. The molecular formula is C31H30N4O3S. The van der Waals surface area contributed by atoms with Crippen LogP contribution in [0.3, 0.4) is 0 Å². The van der Waals surface area contributed by atoms with Crippen molar-refractivity contribution in [2.75, 3.05) is 13.2 Å². The first kappa shape index (κ1) is 26.4. The fourth-order valence-electron chi connectivity index (χ4n) is 4.75. The summed E-state index contributed by atoms with van der Waals surface area (Å²) in [5, 5.41) is 5.69. The molecule has 1 amide bonds. The molecule has 1 aromatic heterocycles. The predicted molar refractivity (Wildman–Crippen MR) is 154 cm³/mol. The summed E-state index contributed by atoms with van der Waals surface area (Å²) >= 11 is 1.46. The van der Waals surface area contributed by atoms with Gasteiger partial charge in [0.1, 0.15) is 0 Å². The summed E-state index contributed by atoms with van der Waals surface area (Å²) in [6.45, 7) is 4.56. The second-order valence-electron chi connectivity index (χ2n) is 9.25. The van der Waals surface area contributed by atoms with E-state index in [2.05, 4.69) is 16.4 Å². The smallest absolute Gasteiger partial charge is 0.338 e. The van der Waals surface area contributed by atoms with Gasteiger partial charge in [-0.15, -0.1) is 0 Å². The molecule has 0 fully saturated rings. The lowest BCUT2D eigenvalue weighted by atomic mass is 9.90. The Kier molecular flexibility index (Phi) is 8.22. The SMILES string of the molecule is CCOC(=O)C1=C(c2ccccc2)N=C2SC=C(CC(=O)NCCc3ccccn3)N2[C@@H]1c1cccc(C)c1. The highest BCUT2D eigenvalue weighted by molar-refractivity contribution is 8.16. The van der Waals surface area contributed by atoms with Crippen LogP contribution in [0.15, 0.2) is 101 Å². The fraction of sp³-hybridized carbons (Fsp3) is 0.226. The van der Waals surface area contributed by atoms with Gasteiger partial charge in [-0.25, -0.2) is 9.79 Å². The maximum absolute atomic E-state index is 13.6. The number of carbonyl (C=O) groups excluding carboxylic acids is 2. The number of amides is 1. The molecule has 3 aromatic rings. The Morgan fingerprint density at radius 3 is 2.62 bits per heavy atom. The molecule has 2 aliphatic rings. The number of aliphatic imine (C=N–C) groups is 1. The predicted octanol–water partition coefficient (Wildman–Crippen LogP) is 5.41. The Morgan fingerprint density at radius 1 is 1.05 bits per heavy atom. The number of thioether (sulfide) groups is 1. The van der Waals surface area contributed by atoms with Crippen molar-refractivity contribution >= 4 is 34.5 Å². The lowest BCUT2D eigenvalue weighted by Crippen LogP contribution is -2.38. The van der Waals surface area contributed by atoms with Gasteiger partial charge in [0.05, 0.1) is 30.3 Å². The van der Waals surface area contributed by atoms with Crippen LogP contribution < -0.4 is 5.32 Å². The Hall–Kier alpha value is -4.17. The van der Waals surface area contributed by atoms with Gasteiger partial charge < -0.3 is 15.0 Å². The van der Waals surface area contributed by atoms with Gasteiger partial charge in [0, 0.05) is 36.1 Å².